The molecule has 0 aliphatic rings. The average Bonchev–Trinajstić information content (AvgIpc) is 2.48. The van der Waals surface area contributed by atoms with Crippen molar-refractivity contribution in [1.29, 1.82) is 0 Å². The predicted octanol–water partition coefficient (Wildman–Crippen LogP) is 2.70. The van der Waals surface area contributed by atoms with Gasteiger partial charge in [0.05, 0.1) is 5.92 Å². The maximum Gasteiger partial charge on any atom is 0.229 e. The van der Waals surface area contributed by atoms with E-state index in [1.165, 1.54) is 0 Å². The summed E-state index contributed by atoms with van der Waals surface area (Å²) < 4.78 is 0. The highest BCUT2D eigenvalue weighted by atomic mass is 35.5. The number of amides is 1. The molecule has 3 nitrogen and oxygen atoms in total. The van der Waals surface area contributed by atoms with Crippen LogP contribution in [-0.2, 0) is 11.3 Å². The summed E-state index contributed by atoms with van der Waals surface area (Å²) in [6, 6.07) is 17.0. The Kier molecular flexibility index (Phi) is 5.16. The quantitative estimate of drug-likeness (QED) is 0.889. The zero-order chi connectivity index (χ0) is 14.4. The van der Waals surface area contributed by atoms with E-state index in [-0.39, 0.29) is 18.4 Å². The molecule has 0 fully saturated rings. The van der Waals surface area contributed by atoms with Crippen molar-refractivity contribution in [2.45, 2.75) is 12.5 Å². The van der Waals surface area contributed by atoms with Gasteiger partial charge in [-0.1, -0.05) is 60.1 Å². The largest absolute Gasteiger partial charge is 0.351 e. The number of benzene rings is 2. The first-order valence-electron chi connectivity index (χ1n) is 6.48. The molecule has 0 aromatic heterocycles. The Morgan fingerprint density at radius 3 is 2.40 bits per heavy atom. The van der Waals surface area contributed by atoms with Crippen LogP contribution in [0.25, 0.3) is 0 Å². The van der Waals surface area contributed by atoms with Gasteiger partial charge in [-0.2, -0.15) is 0 Å². The normalized spacial score (nSPS) is 11.9. The Morgan fingerprint density at radius 1 is 1.10 bits per heavy atom. The highest BCUT2D eigenvalue weighted by Crippen LogP contribution is 2.17. The molecule has 0 aliphatic carbocycles. The van der Waals surface area contributed by atoms with Crippen molar-refractivity contribution in [2.75, 3.05) is 6.54 Å². The summed E-state index contributed by atoms with van der Waals surface area (Å²) in [6.45, 7) is 0.681. The molecule has 4 heteroatoms. The molecule has 1 unspecified atom stereocenters. The molecule has 104 valence electrons. The summed E-state index contributed by atoms with van der Waals surface area (Å²) in [6.07, 6.45) is 0. The first-order valence-corrected chi connectivity index (χ1v) is 6.86. The third-order valence-corrected chi connectivity index (χ3v) is 3.53. The van der Waals surface area contributed by atoms with Crippen LogP contribution in [0.1, 0.15) is 17.0 Å². The van der Waals surface area contributed by atoms with Gasteiger partial charge >= 0.3 is 0 Å². The molecule has 2 aromatic rings. The summed E-state index contributed by atoms with van der Waals surface area (Å²) in [7, 11) is 0. The Labute approximate surface area is 123 Å². The molecule has 0 aliphatic heterocycles. The SMILES string of the molecule is NCC(C(=O)NCc1ccccc1Cl)c1ccccc1. The van der Waals surface area contributed by atoms with Gasteiger partial charge in [0.1, 0.15) is 0 Å². The van der Waals surface area contributed by atoms with Crippen LogP contribution in [0.3, 0.4) is 0 Å². The highest BCUT2D eigenvalue weighted by molar-refractivity contribution is 6.31. The molecule has 0 heterocycles. The number of rotatable bonds is 5. The molecular formula is C16H17ClN2O. The first kappa shape index (κ1) is 14.6. The van der Waals surface area contributed by atoms with Crippen LogP contribution in [0, 0.1) is 0 Å². The summed E-state index contributed by atoms with van der Waals surface area (Å²) in [5, 5.41) is 3.54. The Bertz CT molecular complexity index is 572. The Hall–Kier alpha value is -1.84. The van der Waals surface area contributed by atoms with E-state index >= 15 is 0 Å². The van der Waals surface area contributed by atoms with Crippen molar-refractivity contribution >= 4 is 17.5 Å². The van der Waals surface area contributed by atoms with Gasteiger partial charge in [-0.3, -0.25) is 4.79 Å². The fourth-order valence-corrected chi connectivity index (χ4v) is 2.23. The molecule has 0 saturated carbocycles. The van der Waals surface area contributed by atoms with E-state index in [4.69, 9.17) is 17.3 Å². The minimum atomic E-state index is -0.335. The van der Waals surface area contributed by atoms with Gasteiger partial charge in [-0.15, -0.1) is 0 Å². The van der Waals surface area contributed by atoms with Gasteiger partial charge < -0.3 is 11.1 Å². The lowest BCUT2D eigenvalue weighted by atomic mass is 9.98. The fourth-order valence-electron chi connectivity index (χ4n) is 2.03. The van der Waals surface area contributed by atoms with Crippen molar-refractivity contribution in [3.63, 3.8) is 0 Å². The van der Waals surface area contributed by atoms with Crippen LogP contribution >= 0.6 is 11.6 Å². The molecule has 2 rings (SSSR count). The summed E-state index contributed by atoms with van der Waals surface area (Å²) >= 11 is 6.06. The summed E-state index contributed by atoms with van der Waals surface area (Å²) in [5.74, 6) is -0.419. The summed E-state index contributed by atoms with van der Waals surface area (Å²) in [5.41, 5.74) is 7.54. The highest BCUT2D eigenvalue weighted by Gasteiger charge is 2.18. The van der Waals surface area contributed by atoms with Gasteiger partial charge in [0.25, 0.3) is 0 Å². The van der Waals surface area contributed by atoms with Gasteiger partial charge in [0.2, 0.25) is 5.91 Å². The Morgan fingerprint density at radius 2 is 1.75 bits per heavy atom. The van der Waals surface area contributed by atoms with E-state index in [1.807, 2.05) is 48.5 Å². The standard InChI is InChI=1S/C16H17ClN2O/c17-15-9-5-4-8-13(15)11-19-16(20)14(10-18)12-6-2-1-3-7-12/h1-9,14H,10-11,18H2,(H,19,20). The van der Waals surface area contributed by atoms with Crippen molar-refractivity contribution in [3.8, 4) is 0 Å². The second-order valence-corrected chi connectivity index (χ2v) is 4.92. The first-order chi connectivity index (χ1) is 9.72. The van der Waals surface area contributed by atoms with Crippen molar-refractivity contribution < 1.29 is 4.79 Å². The second kappa shape index (κ2) is 7.08. The van der Waals surface area contributed by atoms with E-state index in [1.54, 1.807) is 6.07 Å². The topological polar surface area (TPSA) is 55.1 Å². The van der Waals surface area contributed by atoms with E-state index < -0.39 is 0 Å². The smallest absolute Gasteiger partial charge is 0.229 e. The van der Waals surface area contributed by atoms with Crippen LogP contribution < -0.4 is 11.1 Å². The minimum Gasteiger partial charge on any atom is -0.351 e. The lowest BCUT2D eigenvalue weighted by Crippen LogP contribution is -2.33. The lowest BCUT2D eigenvalue weighted by molar-refractivity contribution is -0.122. The van der Waals surface area contributed by atoms with E-state index in [9.17, 15) is 4.79 Å². The third-order valence-electron chi connectivity index (χ3n) is 3.17. The van der Waals surface area contributed by atoms with Crippen molar-refractivity contribution in [1.82, 2.24) is 5.32 Å². The van der Waals surface area contributed by atoms with Crippen LogP contribution in [0.2, 0.25) is 5.02 Å². The average molecular weight is 289 g/mol. The van der Waals surface area contributed by atoms with Gasteiger partial charge in [-0.25, -0.2) is 0 Å². The van der Waals surface area contributed by atoms with Gasteiger partial charge in [0.15, 0.2) is 0 Å². The predicted molar refractivity (Wildman–Crippen MR) is 81.5 cm³/mol. The molecular weight excluding hydrogens is 272 g/mol. The molecule has 2 aromatic carbocycles. The second-order valence-electron chi connectivity index (χ2n) is 4.51. The molecule has 1 amide bonds. The van der Waals surface area contributed by atoms with Crippen LogP contribution in [0.5, 0.6) is 0 Å². The molecule has 20 heavy (non-hydrogen) atoms. The fraction of sp³-hybridized carbons (Fsp3) is 0.188. The lowest BCUT2D eigenvalue weighted by Gasteiger charge is -2.15. The Balaban J connectivity index is 2.02. The van der Waals surface area contributed by atoms with Crippen LogP contribution in [0.15, 0.2) is 54.6 Å². The molecule has 0 radical (unpaired) electrons. The van der Waals surface area contributed by atoms with E-state index in [0.29, 0.717) is 11.6 Å². The summed E-state index contributed by atoms with van der Waals surface area (Å²) in [4.78, 5) is 12.2. The molecule has 3 N–H and O–H groups in total. The molecule has 0 saturated heterocycles. The number of hydrogen-bond acceptors (Lipinski definition) is 2. The van der Waals surface area contributed by atoms with E-state index in [0.717, 1.165) is 11.1 Å². The van der Waals surface area contributed by atoms with Gasteiger partial charge in [-0.05, 0) is 17.2 Å². The zero-order valence-electron chi connectivity index (χ0n) is 11.1. The van der Waals surface area contributed by atoms with Crippen molar-refractivity contribution in [3.05, 3.63) is 70.7 Å². The zero-order valence-corrected chi connectivity index (χ0v) is 11.8. The van der Waals surface area contributed by atoms with E-state index in [2.05, 4.69) is 5.32 Å². The third kappa shape index (κ3) is 3.59. The maximum absolute atomic E-state index is 12.2. The number of halogens is 1. The maximum atomic E-state index is 12.2. The molecule has 0 spiro atoms. The minimum absolute atomic E-state index is 0.0846. The van der Waals surface area contributed by atoms with Gasteiger partial charge in [0, 0.05) is 18.1 Å². The number of nitrogens with two attached hydrogens (primary N) is 1. The van der Waals surface area contributed by atoms with Crippen molar-refractivity contribution in [2.24, 2.45) is 5.73 Å². The monoisotopic (exact) mass is 288 g/mol. The number of carbonyl (C=O) groups is 1. The number of hydrogen-bond donors (Lipinski definition) is 2. The number of carbonyl (C=O) groups excluding carboxylic acids is 1. The number of nitrogens with one attached hydrogen (secondary N) is 1. The molecule has 1 atom stereocenters. The van der Waals surface area contributed by atoms with Crippen LogP contribution in [0.4, 0.5) is 0 Å². The molecule has 0 bridgehead atoms. The van der Waals surface area contributed by atoms with Crippen LogP contribution in [-0.4, -0.2) is 12.5 Å².